The van der Waals surface area contributed by atoms with Crippen LogP contribution in [0.5, 0.6) is 5.75 Å². The van der Waals surface area contributed by atoms with E-state index in [-0.39, 0.29) is 0 Å². The third kappa shape index (κ3) is 3.16. The lowest BCUT2D eigenvalue weighted by Crippen LogP contribution is -2.12. The van der Waals surface area contributed by atoms with Crippen LogP contribution < -0.4 is 4.74 Å². The van der Waals surface area contributed by atoms with E-state index in [0.29, 0.717) is 34.4 Å². The average molecular weight is 271 g/mol. The molecule has 1 rings (SSSR count). The first kappa shape index (κ1) is 14.8. The Morgan fingerprint density at radius 3 is 2.50 bits per heavy atom. The van der Waals surface area contributed by atoms with Crippen molar-refractivity contribution < 1.29 is 14.3 Å². The topological polar surface area (TPSA) is 35.5 Å². The fraction of sp³-hybridized carbons (Fsp3) is 0.500. The first-order chi connectivity index (χ1) is 8.38. The molecule has 0 saturated carbocycles. The van der Waals surface area contributed by atoms with Gasteiger partial charge in [0.15, 0.2) is 0 Å². The molecule has 0 radical (unpaired) electrons. The average Bonchev–Trinajstić information content (AvgIpc) is 2.32. The second-order valence-electron chi connectivity index (χ2n) is 4.70. The molecule has 4 heteroatoms. The quantitative estimate of drug-likeness (QED) is 0.781. The monoisotopic (exact) mass is 270 g/mol. The molecule has 100 valence electrons. The van der Waals surface area contributed by atoms with E-state index >= 15 is 0 Å². The SMILES string of the molecule is COC(=O)c1c(OCC(C)C)cc(C)c(Cl)c1C. The minimum atomic E-state index is -0.423. The van der Waals surface area contributed by atoms with Crippen LogP contribution in [0, 0.1) is 19.8 Å². The molecular formula is C14H19ClO3. The van der Waals surface area contributed by atoms with Crippen LogP contribution in [0.15, 0.2) is 6.07 Å². The summed E-state index contributed by atoms with van der Waals surface area (Å²) in [6, 6.07) is 1.78. The summed E-state index contributed by atoms with van der Waals surface area (Å²) in [5.41, 5.74) is 2.00. The molecule has 0 aromatic heterocycles. The molecule has 0 N–H and O–H groups in total. The van der Waals surface area contributed by atoms with Crippen molar-refractivity contribution in [3.8, 4) is 5.75 Å². The molecule has 0 spiro atoms. The smallest absolute Gasteiger partial charge is 0.341 e. The number of hydrogen-bond acceptors (Lipinski definition) is 3. The summed E-state index contributed by atoms with van der Waals surface area (Å²) in [6.07, 6.45) is 0. The summed E-state index contributed by atoms with van der Waals surface area (Å²) in [4.78, 5) is 11.8. The number of aryl methyl sites for hydroxylation is 1. The number of methoxy groups -OCH3 is 1. The number of halogens is 1. The Morgan fingerprint density at radius 1 is 1.39 bits per heavy atom. The van der Waals surface area contributed by atoms with Gasteiger partial charge in [-0.15, -0.1) is 0 Å². The summed E-state index contributed by atoms with van der Waals surface area (Å²) < 4.78 is 10.5. The lowest BCUT2D eigenvalue weighted by atomic mass is 10.0. The standard InChI is InChI=1S/C14H19ClO3/c1-8(2)7-18-11-6-9(3)13(15)10(4)12(11)14(16)17-5/h6,8H,7H2,1-5H3. The Kier molecular flexibility index (Phi) is 5.03. The Labute approximate surface area is 113 Å². The van der Waals surface area contributed by atoms with Crippen molar-refractivity contribution in [3.63, 3.8) is 0 Å². The summed E-state index contributed by atoms with van der Waals surface area (Å²) in [7, 11) is 1.35. The number of carbonyl (C=O) groups is 1. The maximum Gasteiger partial charge on any atom is 0.341 e. The van der Waals surface area contributed by atoms with E-state index in [1.807, 2.05) is 20.8 Å². The van der Waals surface area contributed by atoms with Crippen LogP contribution in [0.25, 0.3) is 0 Å². The summed E-state index contributed by atoms with van der Waals surface area (Å²) >= 11 is 6.16. The van der Waals surface area contributed by atoms with E-state index in [4.69, 9.17) is 21.1 Å². The van der Waals surface area contributed by atoms with Crippen molar-refractivity contribution >= 4 is 17.6 Å². The van der Waals surface area contributed by atoms with Crippen LogP contribution in [-0.2, 0) is 4.74 Å². The normalized spacial score (nSPS) is 10.6. The second-order valence-corrected chi connectivity index (χ2v) is 5.08. The summed E-state index contributed by atoms with van der Waals surface area (Å²) in [5.74, 6) is 0.495. The van der Waals surface area contributed by atoms with Gasteiger partial charge in [-0.25, -0.2) is 4.79 Å². The maximum atomic E-state index is 11.8. The van der Waals surface area contributed by atoms with Crippen LogP contribution in [0.4, 0.5) is 0 Å². The zero-order valence-electron chi connectivity index (χ0n) is 11.5. The van der Waals surface area contributed by atoms with Crippen molar-refractivity contribution in [2.75, 3.05) is 13.7 Å². The van der Waals surface area contributed by atoms with Crippen molar-refractivity contribution in [1.82, 2.24) is 0 Å². The zero-order chi connectivity index (χ0) is 13.9. The molecule has 0 saturated heterocycles. The number of hydrogen-bond donors (Lipinski definition) is 0. The second kappa shape index (κ2) is 6.10. The first-order valence-electron chi connectivity index (χ1n) is 5.89. The highest BCUT2D eigenvalue weighted by molar-refractivity contribution is 6.32. The van der Waals surface area contributed by atoms with Crippen LogP contribution in [0.3, 0.4) is 0 Å². The molecule has 0 bridgehead atoms. The Bertz CT molecular complexity index is 453. The maximum absolute atomic E-state index is 11.8. The molecule has 0 fully saturated rings. The van der Waals surface area contributed by atoms with Gasteiger partial charge in [0.05, 0.1) is 13.7 Å². The van der Waals surface area contributed by atoms with Crippen molar-refractivity contribution in [2.45, 2.75) is 27.7 Å². The van der Waals surface area contributed by atoms with Gasteiger partial charge in [0.25, 0.3) is 0 Å². The third-order valence-electron chi connectivity index (χ3n) is 2.61. The molecule has 0 amide bonds. The molecule has 0 atom stereocenters. The minimum Gasteiger partial charge on any atom is -0.492 e. The number of benzene rings is 1. The zero-order valence-corrected chi connectivity index (χ0v) is 12.2. The van der Waals surface area contributed by atoms with Crippen LogP contribution in [-0.4, -0.2) is 19.7 Å². The number of ether oxygens (including phenoxy) is 2. The molecule has 3 nitrogen and oxygen atoms in total. The van der Waals surface area contributed by atoms with Gasteiger partial charge in [-0.05, 0) is 37.0 Å². The van der Waals surface area contributed by atoms with Crippen LogP contribution in [0.1, 0.15) is 35.3 Å². The van der Waals surface area contributed by atoms with Crippen molar-refractivity contribution in [2.24, 2.45) is 5.92 Å². The number of carbonyl (C=O) groups excluding carboxylic acids is 1. The summed E-state index contributed by atoms with van der Waals surface area (Å²) in [6.45, 7) is 8.33. The third-order valence-corrected chi connectivity index (χ3v) is 3.19. The first-order valence-corrected chi connectivity index (χ1v) is 6.27. The Hall–Kier alpha value is -1.22. The van der Waals surface area contributed by atoms with Gasteiger partial charge >= 0.3 is 5.97 Å². The summed E-state index contributed by atoms with van der Waals surface area (Å²) in [5, 5.41) is 0.576. The van der Waals surface area contributed by atoms with Gasteiger partial charge in [-0.1, -0.05) is 25.4 Å². The van der Waals surface area contributed by atoms with Crippen molar-refractivity contribution in [3.05, 3.63) is 27.8 Å². The van der Waals surface area contributed by atoms with Gasteiger partial charge in [-0.2, -0.15) is 0 Å². The molecule has 18 heavy (non-hydrogen) atoms. The lowest BCUT2D eigenvalue weighted by molar-refractivity contribution is 0.0594. The fourth-order valence-electron chi connectivity index (χ4n) is 1.65. The molecule has 1 aromatic rings. The van der Waals surface area contributed by atoms with E-state index in [1.54, 1.807) is 13.0 Å². The molecule has 0 unspecified atom stereocenters. The molecule has 1 aromatic carbocycles. The highest BCUT2D eigenvalue weighted by Gasteiger charge is 2.20. The van der Waals surface area contributed by atoms with Gasteiger partial charge in [-0.3, -0.25) is 0 Å². The minimum absolute atomic E-state index is 0.381. The van der Waals surface area contributed by atoms with Crippen LogP contribution in [0.2, 0.25) is 5.02 Å². The van der Waals surface area contributed by atoms with E-state index in [9.17, 15) is 4.79 Å². The van der Waals surface area contributed by atoms with Gasteiger partial charge in [0, 0.05) is 5.02 Å². The van der Waals surface area contributed by atoms with E-state index in [2.05, 4.69) is 0 Å². The largest absolute Gasteiger partial charge is 0.492 e. The van der Waals surface area contributed by atoms with E-state index < -0.39 is 5.97 Å². The number of esters is 1. The molecule has 0 heterocycles. The lowest BCUT2D eigenvalue weighted by Gasteiger charge is -2.16. The predicted octanol–water partition coefficient (Wildman–Crippen LogP) is 3.78. The molecule has 0 aliphatic carbocycles. The van der Waals surface area contributed by atoms with E-state index in [1.165, 1.54) is 7.11 Å². The predicted molar refractivity (Wildman–Crippen MR) is 72.6 cm³/mol. The fourth-order valence-corrected chi connectivity index (χ4v) is 1.80. The number of rotatable bonds is 4. The molecular weight excluding hydrogens is 252 g/mol. The highest BCUT2D eigenvalue weighted by atomic mass is 35.5. The van der Waals surface area contributed by atoms with Gasteiger partial charge in [0.1, 0.15) is 11.3 Å². The molecule has 0 aliphatic heterocycles. The van der Waals surface area contributed by atoms with Crippen LogP contribution >= 0.6 is 11.6 Å². The van der Waals surface area contributed by atoms with Gasteiger partial charge in [0.2, 0.25) is 0 Å². The Morgan fingerprint density at radius 2 is 2.00 bits per heavy atom. The van der Waals surface area contributed by atoms with E-state index in [0.717, 1.165) is 5.56 Å². The molecule has 0 aliphatic rings. The highest BCUT2D eigenvalue weighted by Crippen LogP contribution is 2.32. The van der Waals surface area contributed by atoms with Crippen molar-refractivity contribution in [1.29, 1.82) is 0 Å². The Balaban J connectivity index is 3.25. The van der Waals surface area contributed by atoms with Gasteiger partial charge < -0.3 is 9.47 Å².